The number of rotatable bonds is 6. The summed E-state index contributed by atoms with van der Waals surface area (Å²) in [4.78, 5) is 2.64. The second kappa shape index (κ2) is 4.69. The van der Waals surface area contributed by atoms with Crippen LogP contribution in [-0.2, 0) is 6.54 Å². The average Bonchev–Trinajstić information content (AvgIpc) is 3.13. The lowest BCUT2D eigenvalue weighted by Gasteiger charge is -2.22. The Morgan fingerprint density at radius 1 is 1.06 bits per heavy atom. The number of nitrogens with zero attached hydrogens (tertiary/aromatic N) is 1. The van der Waals surface area contributed by atoms with Gasteiger partial charge in [-0.15, -0.1) is 0 Å². The maximum Gasteiger partial charge on any atom is 0.0317 e. The minimum Gasteiger partial charge on any atom is -0.399 e. The maximum absolute atomic E-state index is 5.84. The zero-order valence-corrected chi connectivity index (χ0v) is 10.4. The number of hydrogen-bond acceptors (Lipinski definition) is 2. The molecule has 0 aliphatic heterocycles. The van der Waals surface area contributed by atoms with E-state index in [0.717, 1.165) is 24.1 Å². The molecule has 92 valence electrons. The minimum absolute atomic E-state index is 0.889. The highest BCUT2D eigenvalue weighted by Crippen LogP contribution is 2.34. The average molecular weight is 230 g/mol. The Morgan fingerprint density at radius 2 is 1.71 bits per heavy atom. The molecule has 0 unspecified atom stereocenters. The zero-order chi connectivity index (χ0) is 11.7. The zero-order valence-electron chi connectivity index (χ0n) is 10.4. The Bertz CT molecular complexity index is 366. The Morgan fingerprint density at radius 3 is 2.24 bits per heavy atom. The van der Waals surface area contributed by atoms with Crippen LogP contribution in [0.1, 0.15) is 31.2 Å². The Kier molecular flexibility index (Phi) is 3.06. The first-order valence-electron chi connectivity index (χ1n) is 6.86. The molecular weight excluding hydrogens is 208 g/mol. The van der Waals surface area contributed by atoms with Gasteiger partial charge in [-0.25, -0.2) is 0 Å². The fraction of sp³-hybridized carbons (Fsp3) is 0.600. The van der Waals surface area contributed by atoms with Gasteiger partial charge in [-0.1, -0.05) is 12.1 Å². The van der Waals surface area contributed by atoms with E-state index in [1.165, 1.54) is 44.3 Å². The van der Waals surface area contributed by atoms with E-state index >= 15 is 0 Å². The molecule has 0 aromatic heterocycles. The van der Waals surface area contributed by atoms with Gasteiger partial charge < -0.3 is 5.73 Å². The van der Waals surface area contributed by atoms with Crippen molar-refractivity contribution in [1.29, 1.82) is 0 Å². The molecule has 2 fully saturated rings. The van der Waals surface area contributed by atoms with Gasteiger partial charge in [-0.2, -0.15) is 0 Å². The molecule has 0 radical (unpaired) electrons. The fourth-order valence-corrected chi connectivity index (χ4v) is 2.48. The summed E-state index contributed by atoms with van der Waals surface area (Å²) >= 11 is 0. The van der Waals surface area contributed by atoms with Crippen molar-refractivity contribution in [3.05, 3.63) is 29.8 Å². The lowest BCUT2D eigenvalue weighted by Crippen LogP contribution is -2.27. The lowest BCUT2D eigenvalue weighted by atomic mass is 10.1. The molecule has 0 spiro atoms. The SMILES string of the molecule is Nc1cccc(CN(CC2CC2)CC2CC2)c1. The molecule has 0 atom stereocenters. The van der Waals surface area contributed by atoms with Gasteiger partial charge in [0.25, 0.3) is 0 Å². The van der Waals surface area contributed by atoms with Crippen molar-refractivity contribution in [2.75, 3.05) is 18.8 Å². The highest BCUT2D eigenvalue weighted by Gasteiger charge is 2.29. The van der Waals surface area contributed by atoms with Crippen LogP contribution < -0.4 is 5.73 Å². The quantitative estimate of drug-likeness (QED) is 0.761. The van der Waals surface area contributed by atoms with Crippen LogP contribution >= 0.6 is 0 Å². The van der Waals surface area contributed by atoms with E-state index < -0.39 is 0 Å². The first-order valence-corrected chi connectivity index (χ1v) is 6.86. The van der Waals surface area contributed by atoms with E-state index in [-0.39, 0.29) is 0 Å². The normalized spacial score (nSPS) is 19.8. The van der Waals surface area contributed by atoms with Crippen molar-refractivity contribution >= 4 is 5.69 Å². The smallest absolute Gasteiger partial charge is 0.0317 e. The number of hydrogen-bond donors (Lipinski definition) is 1. The summed E-state index contributed by atoms with van der Waals surface area (Å²) in [5.41, 5.74) is 8.10. The maximum atomic E-state index is 5.84. The molecule has 2 heteroatoms. The molecule has 17 heavy (non-hydrogen) atoms. The predicted octanol–water partition coefficient (Wildman–Crippen LogP) is 2.89. The van der Waals surface area contributed by atoms with Crippen LogP contribution in [0.3, 0.4) is 0 Å². The third-order valence-corrected chi connectivity index (χ3v) is 3.78. The number of anilines is 1. The van der Waals surface area contributed by atoms with Crippen molar-refractivity contribution in [2.24, 2.45) is 11.8 Å². The van der Waals surface area contributed by atoms with Crippen molar-refractivity contribution in [3.63, 3.8) is 0 Å². The highest BCUT2D eigenvalue weighted by atomic mass is 15.1. The van der Waals surface area contributed by atoms with E-state index in [0.29, 0.717) is 0 Å². The topological polar surface area (TPSA) is 29.3 Å². The number of nitrogen functional groups attached to an aromatic ring is 1. The molecule has 2 nitrogen and oxygen atoms in total. The van der Waals surface area contributed by atoms with Crippen molar-refractivity contribution in [2.45, 2.75) is 32.2 Å². The van der Waals surface area contributed by atoms with E-state index in [4.69, 9.17) is 5.73 Å². The van der Waals surface area contributed by atoms with Crippen LogP contribution in [0.2, 0.25) is 0 Å². The van der Waals surface area contributed by atoms with Gasteiger partial charge >= 0.3 is 0 Å². The summed E-state index contributed by atoms with van der Waals surface area (Å²) in [7, 11) is 0. The molecule has 1 aromatic carbocycles. The van der Waals surface area contributed by atoms with Crippen molar-refractivity contribution < 1.29 is 0 Å². The van der Waals surface area contributed by atoms with Crippen LogP contribution in [0.5, 0.6) is 0 Å². The number of benzene rings is 1. The summed E-state index contributed by atoms with van der Waals surface area (Å²) in [6.45, 7) is 3.68. The molecular formula is C15H22N2. The summed E-state index contributed by atoms with van der Waals surface area (Å²) in [5, 5.41) is 0. The first kappa shape index (κ1) is 11.1. The molecule has 2 N–H and O–H groups in total. The standard InChI is InChI=1S/C15H22N2/c16-15-3-1-2-14(8-15)11-17(9-12-4-5-12)10-13-6-7-13/h1-3,8,12-13H,4-7,9-11,16H2. The molecule has 2 aliphatic rings. The largest absolute Gasteiger partial charge is 0.399 e. The third-order valence-electron chi connectivity index (χ3n) is 3.78. The summed E-state index contributed by atoms with van der Waals surface area (Å²) in [6.07, 6.45) is 5.77. The number of nitrogens with two attached hydrogens (primary N) is 1. The van der Waals surface area contributed by atoms with Crippen LogP contribution in [-0.4, -0.2) is 18.0 Å². The van der Waals surface area contributed by atoms with Crippen molar-refractivity contribution in [3.8, 4) is 0 Å². The highest BCUT2D eigenvalue weighted by molar-refractivity contribution is 5.40. The summed E-state index contributed by atoms with van der Waals surface area (Å²) in [6, 6.07) is 8.35. The van der Waals surface area contributed by atoms with E-state index in [2.05, 4.69) is 23.1 Å². The minimum atomic E-state index is 0.889. The molecule has 3 rings (SSSR count). The van der Waals surface area contributed by atoms with Gasteiger partial charge in [-0.3, -0.25) is 4.90 Å². The molecule has 2 aliphatic carbocycles. The van der Waals surface area contributed by atoms with Gasteiger partial charge in [0.1, 0.15) is 0 Å². The fourth-order valence-electron chi connectivity index (χ4n) is 2.48. The summed E-state index contributed by atoms with van der Waals surface area (Å²) < 4.78 is 0. The first-order chi connectivity index (χ1) is 8.29. The van der Waals surface area contributed by atoms with Crippen LogP contribution in [0.4, 0.5) is 5.69 Å². The van der Waals surface area contributed by atoms with Crippen LogP contribution in [0, 0.1) is 11.8 Å². The summed E-state index contributed by atoms with van der Waals surface area (Å²) in [5.74, 6) is 1.96. The molecule has 0 bridgehead atoms. The second-order valence-corrected chi connectivity index (χ2v) is 5.83. The van der Waals surface area contributed by atoms with E-state index in [1.54, 1.807) is 0 Å². The molecule has 0 amide bonds. The second-order valence-electron chi connectivity index (χ2n) is 5.83. The van der Waals surface area contributed by atoms with Gasteiger partial charge in [0.2, 0.25) is 0 Å². The molecule has 1 aromatic rings. The lowest BCUT2D eigenvalue weighted by molar-refractivity contribution is 0.244. The monoisotopic (exact) mass is 230 g/mol. The Labute approximate surface area is 104 Å². The van der Waals surface area contributed by atoms with E-state index in [1.807, 2.05) is 6.07 Å². The van der Waals surface area contributed by atoms with Crippen LogP contribution in [0.25, 0.3) is 0 Å². The van der Waals surface area contributed by atoms with Crippen molar-refractivity contribution in [1.82, 2.24) is 4.90 Å². The molecule has 0 heterocycles. The van der Waals surface area contributed by atoms with Gasteiger partial charge in [0, 0.05) is 25.3 Å². The van der Waals surface area contributed by atoms with Gasteiger partial charge in [-0.05, 0) is 55.2 Å². The molecule has 2 saturated carbocycles. The van der Waals surface area contributed by atoms with Crippen LogP contribution in [0.15, 0.2) is 24.3 Å². The van der Waals surface area contributed by atoms with E-state index in [9.17, 15) is 0 Å². The van der Waals surface area contributed by atoms with Gasteiger partial charge in [0.05, 0.1) is 0 Å². The molecule has 0 saturated heterocycles. The third kappa shape index (κ3) is 3.47. The Balaban J connectivity index is 1.60. The Hall–Kier alpha value is -1.02. The predicted molar refractivity (Wildman–Crippen MR) is 71.6 cm³/mol. The van der Waals surface area contributed by atoms with Gasteiger partial charge in [0.15, 0.2) is 0 Å².